The van der Waals surface area contributed by atoms with Crippen LogP contribution >= 0.6 is 0 Å². The van der Waals surface area contributed by atoms with Crippen LogP contribution in [0.3, 0.4) is 0 Å². The highest BCUT2D eigenvalue weighted by Gasteiger charge is 2.19. The van der Waals surface area contributed by atoms with E-state index in [1.54, 1.807) is 0 Å². The summed E-state index contributed by atoms with van der Waals surface area (Å²) in [6.07, 6.45) is 84.6. The number of hydrogen-bond donors (Lipinski definition) is 0. The van der Waals surface area contributed by atoms with Crippen molar-refractivity contribution in [3.05, 3.63) is 134 Å². The summed E-state index contributed by atoms with van der Waals surface area (Å²) in [6.45, 7) is 6.42. The van der Waals surface area contributed by atoms with Crippen molar-refractivity contribution in [1.29, 1.82) is 0 Å². The van der Waals surface area contributed by atoms with E-state index in [1.807, 2.05) is 0 Å². The molecule has 0 saturated carbocycles. The molecular weight excluding hydrogens is 901 g/mol. The smallest absolute Gasteiger partial charge is 0.306 e. The molecule has 0 saturated heterocycles. The minimum absolute atomic E-state index is 0.0964. The van der Waals surface area contributed by atoms with Crippen LogP contribution in [0.15, 0.2) is 134 Å². The Hall–Kier alpha value is -4.45. The molecule has 0 rings (SSSR count). The van der Waals surface area contributed by atoms with Crippen LogP contribution in [-0.4, -0.2) is 37.2 Å². The second-order valence-corrected chi connectivity index (χ2v) is 19.2. The molecule has 73 heavy (non-hydrogen) atoms. The molecule has 0 aromatic heterocycles. The molecule has 1 unspecified atom stereocenters. The zero-order chi connectivity index (χ0) is 52.9. The molecule has 0 radical (unpaired) electrons. The third kappa shape index (κ3) is 58.3. The minimum Gasteiger partial charge on any atom is -0.462 e. The summed E-state index contributed by atoms with van der Waals surface area (Å²) in [6, 6.07) is 0. The van der Waals surface area contributed by atoms with Gasteiger partial charge in [0.2, 0.25) is 0 Å². The second kappa shape index (κ2) is 60.1. The van der Waals surface area contributed by atoms with Crippen LogP contribution < -0.4 is 0 Å². The molecule has 6 nitrogen and oxygen atoms in total. The molecule has 0 spiro atoms. The third-order valence-electron chi connectivity index (χ3n) is 12.1. The lowest BCUT2D eigenvalue weighted by molar-refractivity contribution is -0.167. The number of carbonyl (C=O) groups excluding carboxylic acids is 3. The molecule has 0 aliphatic carbocycles. The Morgan fingerprint density at radius 2 is 0.548 bits per heavy atom. The topological polar surface area (TPSA) is 78.9 Å². The summed E-state index contributed by atoms with van der Waals surface area (Å²) in [5, 5.41) is 0. The van der Waals surface area contributed by atoms with E-state index in [4.69, 9.17) is 14.2 Å². The fourth-order valence-electron chi connectivity index (χ4n) is 7.69. The Bertz CT molecular complexity index is 1580. The maximum Gasteiger partial charge on any atom is 0.306 e. The van der Waals surface area contributed by atoms with Crippen LogP contribution in [0.5, 0.6) is 0 Å². The van der Waals surface area contributed by atoms with Crippen molar-refractivity contribution < 1.29 is 28.6 Å². The maximum absolute atomic E-state index is 12.8. The fraction of sp³-hybridized carbons (Fsp3) is 0.627. The number of esters is 3. The van der Waals surface area contributed by atoms with E-state index in [1.165, 1.54) is 77.0 Å². The lowest BCUT2D eigenvalue weighted by atomic mass is 10.1. The minimum atomic E-state index is -0.801. The Balaban J connectivity index is 4.29. The number of carbonyl (C=O) groups is 3. The van der Waals surface area contributed by atoms with Crippen molar-refractivity contribution in [2.45, 2.75) is 258 Å². The predicted octanol–water partition coefficient (Wildman–Crippen LogP) is 20.2. The predicted molar refractivity (Wildman–Crippen MR) is 316 cm³/mol. The summed E-state index contributed by atoms with van der Waals surface area (Å²) in [4.78, 5) is 38.0. The Labute approximate surface area is 449 Å². The molecule has 6 heteroatoms. The van der Waals surface area contributed by atoms with Crippen molar-refractivity contribution in [3.8, 4) is 0 Å². The number of unbranched alkanes of at least 4 members (excludes halogenated alkanes) is 19. The van der Waals surface area contributed by atoms with E-state index < -0.39 is 6.10 Å². The third-order valence-corrected chi connectivity index (χ3v) is 12.1. The van der Waals surface area contributed by atoms with Gasteiger partial charge >= 0.3 is 17.9 Å². The Morgan fingerprint density at radius 1 is 0.288 bits per heavy atom. The summed E-state index contributed by atoms with van der Waals surface area (Å²) < 4.78 is 16.8. The van der Waals surface area contributed by atoms with Gasteiger partial charge in [-0.2, -0.15) is 0 Å². The standard InChI is InChI=1S/C67H108O6/c1-4-7-10-13-16-19-22-23-24-25-26-27-28-29-30-31-32-33-34-35-36-37-38-39-40-41-42-43-46-48-51-54-57-60-66(69)72-63-64(73-67(70)61-58-55-52-49-45-21-18-15-12-9-6-3)62-71-65(68)59-56-53-50-47-44-20-17-14-11-8-5-2/h7,10,15-16,18-19,23-24,26-27,29-30,32-33,35-36,38-39,41-42,46,48,64H,4-6,8-9,11-14,17,20-22,25,28,31,34,37,40,43-45,47,49-63H2,1-3H3/b10-7-,18-15-,19-16-,24-23-,27-26-,30-29-,33-32-,36-35-,39-38-,42-41-,48-46-. The zero-order valence-corrected chi connectivity index (χ0v) is 47.1. The SMILES string of the molecule is CC/C=C\C/C=C\C/C=C\C/C=C\C/C=C\C/C=C\C/C=C\C/C=C\C/C=C\C/C=C\CCCCC(=O)OCC(COC(=O)CCCCCCCCCCCCC)OC(=O)CCCCCCC/C=C\CCCC. The van der Waals surface area contributed by atoms with Gasteiger partial charge in [0.15, 0.2) is 6.10 Å². The highest BCUT2D eigenvalue weighted by Crippen LogP contribution is 2.14. The van der Waals surface area contributed by atoms with Crippen LogP contribution in [-0.2, 0) is 28.6 Å². The number of allylic oxidation sites excluding steroid dienone is 22. The van der Waals surface area contributed by atoms with Gasteiger partial charge in [0.25, 0.3) is 0 Å². The molecule has 412 valence electrons. The molecule has 0 N–H and O–H groups in total. The fourth-order valence-corrected chi connectivity index (χ4v) is 7.69. The van der Waals surface area contributed by atoms with Crippen LogP contribution in [0.25, 0.3) is 0 Å². The van der Waals surface area contributed by atoms with Crippen LogP contribution in [0.4, 0.5) is 0 Å². The highest BCUT2D eigenvalue weighted by molar-refractivity contribution is 5.71. The van der Waals surface area contributed by atoms with Gasteiger partial charge in [-0.05, 0) is 116 Å². The molecule has 0 aromatic carbocycles. The quantitative estimate of drug-likeness (QED) is 0.0261. The number of rotatable bonds is 52. The normalized spacial score (nSPS) is 13.1. The van der Waals surface area contributed by atoms with Gasteiger partial charge in [-0.1, -0.05) is 251 Å². The summed E-state index contributed by atoms with van der Waals surface area (Å²) in [7, 11) is 0. The number of hydrogen-bond acceptors (Lipinski definition) is 6. The first-order chi connectivity index (χ1) is 36.0. The summed E-state index contributed by atoms with van der Waals surface area (Å²) in [5.41, 5.74) is 0. The molecule has 0 aliphatic rings. The molecule has 0 fully saturated rings. The average molecular weight is 1010 g/mol. The molecule has 0 aliphatic heterocycles. The molecular formula is C67H108O6. The second-order valence-electron chi connectivity index (χ2n) is 19.2. The van der Waals surface area contributed by atoms with Crippen LogP contribution in [0, 0.1) is 0 Å². The van der Waals surface area contributed by atoms with Gasteiger partial charge < -0.3 is 14.2 Å². The van der Waals surface area contributed by atoms with Gasteiger partial charge in [-0.25, -0.2) is 0 Å². The largest absolute Gasteiger partial charge is 0.462 e. The van der Waals surface area contributed by atoms with E-state index in [0.29, 0.717) is 25.7 Å². The molecule has 0 bridgehead atoms. The van der Waals surface area contributed by atoms with E-state index in [2.05, 4.69) is 154 Å². The van der Waals surface area contributed by atoms with E-state index in [0.717, 1.165) is 128 Å². The first kappa shape index (κ1) is 68.6. The molecule has 1 atom stereocenters. The van der Waals surface area contributed by atoms with Crippen molar-refractivity contribution in [1.82, 2.24) is 0 Å². The molecule has 0 aromatic rings. The van der Waals surface area contributed by atoms with Gasteiger partial charge in [-0.15, -0.1) is 0 Å². The van der Waals surface area contributed by atoms with Crippen molar-refractivity contribution >= 4 is 17.9 Å². The van der Waals surface area contributed by atoms with E-state index in [-0.39, 0.29) is 31.1 Å². The van der Waals surface area contributed by atoms with E-state index in [9.17, 15) is 14.4 Å². The summed E-state index contributed by atoms with van der Waals surface area (Å²) in [5.74, 6) is -0.957. The van der Waals surface area contributed by atoms with Crippen molar-refractivity contribution in [2.24, 2.45) is 0 Å². The lowest BCUT2D eigenvalue weighted by Crippen LogP contribution is -2.30. The Kier molecular flexibility index (Phi) is 56.4. The van der Waals surface area contributed by atoms with Crippen molar-refractivity contribution in [2.75, 3.05) is 13.2 Å². The Morgan fingerprint density at radius 3 is 0.918 bits per heavy atom. The van der Waals surface area contributed by atoms with Crippen molar-refractivity contribution in [3.63, 3.8) is 0 Å². The highest BCUT2D eigenvalue weighted by atomic mass is 16.6. The number of ether oxygens (including phenoxy) is 3. The lowest BCUT2D eigenvalue weighted by Gasteiger charge is -2.18. The molecule has 0 amide bonds. The summed E-state index contributed by atoms with van der Waals surface area (Å²) >= 11 is 0. The van der Waals surface area contributed by atoms with Crippen LogP contribution in [0.2, 0.25) is 0 Å². The zero-order valence-electron chi connectivity index (χ0n) is 47.1. The van der Waals surface area contributed by atoms with Gasteiger partial charge in [0.05, 0.1) is 0 Å². The first-order valence-electron chi connectivity index (χ1n) is 29.7. The van der Waals surface area contributed by atoms with E-state index >= 15 is 0 Å². The van der Waals surface area contributed by atoms with Gasteiger partial charge in [0.1, 0.15) is 13.2 Å². The van der Waals surface area contributed by atoms with Crippen LogP contribution in [0.1, 0.15) is 252 Å². The maximum atomic E-state index is 12.8. The molecule has 0 heterocycles. The average Bonchev–Trinajstić information content (AvgIpc) is 3.39. The van der Waals surface area contributed by atoms with Gasteiger partial charge in [0, 0.05) is 19.3 Å². The monoisotopic (exact) mass is 1010 g/mol. The first-order valence-corrected chi connectivity index (χ1v) is 29.7. The van der Waals surface area contributed by atoms with Gasteiger partial charge in [-0.3, -0.25) is 14.4 Å².